The topological polar surface area (TPSA) is 58.6 Å². The molecule has 128 valence electrons. The minimum atomic E-state index is -0.137. The second kappa shape index (κ2) is 6.18. The number of aromatic nitrogens is 3. The van der Waals surface area contributed by atoms with Crippen molar-refractivity contribution >= 4 is 21.8 Å². The fraction of sp³-hybridized carbons (Fsp3) is 0. The van der Waals surface area contributed by atoms with Crippen molar-refractivity contribution in [1.29, 1.82) is 0 Å². The molecule has 0 radical (unpaired) electrons. The first-order chi connectivity index (χ1) is 13.3. The molecule has 0 atom stereocenters. The van der Waals surface area contributed by atoms with Crippen molar-refractivity contribution in [2.75, 3.05) is 0 Å². The Hall–Kier alpha value is -3.79. The molecule has 2 aromatic heterocycles. The van der Waals surface area contributed by atoms with E-state index in [2.05, 4.69) is 16.0 Å². The second-order valence-electron chi connectivity index (χ2n) is 6.40. The molecule has 0 unspecified atom stereocenters. The lowest BCUT2D eigenvalue weighted by Gasteiger charge is -2.06. The molecule has 0 amide bonds. The van der Waals surface area contributed by atoms with Crippen molar-refractivity contribution in [2.24, 2.45) is 0 Å². The van der Waals surface area contributed by atoms with Gasteiger partial charge in [0.2, 0.25) is 0 Å². The molecule has 0 spiro atoms. The summed E-state index contributed by atoms with van der Waals surface area (Å²) in [5.74, 6) is 0.549. The van der Waals surface area contributed by atoms with Gasteiger partial charge in [-0.15, -0.1) is 0 Å². The number of pyridine rings is 1. The van der Waals surface area contributed by atoms with Gasteiger partial charge in [-0.25, -0.2) is 9.97 Å². The van der Waals surface area contributed by atoms with Gasteiger partial charge in [0.25, 0.3) is 5.56 Å². The summed E-state index contributed by atoms with van der Waals surface area (Å²) in [6.07, 6.45) is 0. The molecule has 0 saturated carbocycles. The quantitative estimate of drug-likeness (QED) is 0.498. The summed E-state index contributed by atoms with van der Waals surface area (Å²) in [7, 11) is 0. The van der Waals surface area contributed by atoms with Crippen LogP contribution in [0.25, 0.3) is 44.5 Å². The summed E-state index contributed by atoms with van der Waals surface area (Å²) < 4.78 is 0. The van der Waals surface area contributed by atoms with Gasteiger partial charge in [0.1, 0.15) is 5.82 Å². The predicted octanol–water partition coefficient (Wildman–Crippen LogP) is 4.81. The molecule has 0 aliphatic heterocycles. The number of nitrogens with zero attached hydrogens (tertiary/aromatic N) is 2. The molecule has 1 N–H and O–H groups in total. The van der Waals surface area contributed by atoms with E-state index in [4.69, 9.17) is 4.98 Å². The molecule has 0 saturated heterocycles. The highest BCUT2D eigenvalue weighted by Crippen LogP contribution is 2.24. The summed E-state index contributed by atoms with van der Waals surface area (Å²) in [4.78, 5) is 24.7. The highest BCUT2D eigenvalue weighted by atomic mass is 16.1. The van der Waals surface area contributed by atoms with E-state index in [1.54, 1.807) is 6.07 Å². The maximum absolute atomic E-state index is 12.4. The van der Waals surface area contributed by atoms with Gasteiger partial charge in [-0.05, 0) is 24.3 Å². The molecule has 27 heavy (non-hydrogen) atoms. The van der Waals surface area contributed by atoms with Gasteiger partial charge in [0.05, 0.1) is 22.1 Å². The molecule has 5 rings (SSSR count). The first-order valence-electron chi connectivity index (χ1n) is 8.74. The van der Waals surface area contributed by atoms with Crippen molar-refractivity contribution in [3.8, 4) is 22.6 Å². The zero-order valence-electron chi connectivity index (χ0n) is 14.4. The van der Waals surface area contributed by atoms with Crippen LogP contribution in [0.1, 0.15) is 0 Å². The third-order valence-electron chi connectivity index (χ3n) is 4.65. The zero-order chi connectivity index (χ0) is 18.2. The zero-order valence-corrected chi connectivity index (χ0v) is 14.4. The van der Waals surface area contributed by atoms with Gasteiger partial charge in [-0.2, -0.15) is 0 Å². The van der Waals surface area contributed by atoms with Gasteiger partial charge >= 0.3 is 0 Å². The maximum atomic E-state index is 12.4. The number of H-pyrrole nitrogens is 1. The molecule has 3 aromatic carbocycles. The van der Waals surface area contributed by atoms with Crippen LogP contribution in [0, 0.1) is 0 Å². The molecular formula is C23H15N3O. The summed E-state index contributed by atoms with van der Waals surface area (Å²) in [5, 5.41) is 1.63. The lowest BCUT2D eigenvalue weighted by Crippen LogP contribution is -2.09. The van der Waals surface area contributed by atoms with E-state index in [-0.39, 0.29) is 5.56 Å². The summed E-state index contributed by atoms with van der Waals surface area (Å²) in [6.45, 7) is 0. The number of fused-ring (bicyclic) bond motifs is 2. The molecule has 2 heterocycles. The number of hydrogen-bond donors (Lipinski definition) is 1. The van der Waals surface area contributed by atoms with Gasteiger partial charge in [0, 0.05) is 16.5 Å². The normalized spacial score (nSPS) is 11.1. The Morgan fingerprint density at radius 2 is 1.44 bits per heavy atom. The van der Waals surface area contributed by atoms with Crippen LogP contribution >= 0.6 is 0 Å². The summed E-state index contributed by atoms with van der Waals surface area (Å²) in [5.41, 5.74) is 4.24. The van der Waals surface area contributed by atoms with Crippen molar-refractivity contribution in [3.63, 3.8) is 0 Å². The fourth-order valence-corrected chi connectivity index (χ4v) is 3.26. The van der Waals surface area contributed by atoms with Gasteiger partial charge in [-0.3, -0.25) is 4.79 Å². The summed E-state index contributed by atoms with van der Waals surface area (Å²) >= 11 is 0. The summed E-state index contributed by atoms with van der Waals surface area (Å²) in [6, 6.07) is 27.4. The predicted molar refractivity (Wildman–Crippen MR) is 109 cm³/mol. The average Bonchev–Trinajstić information content (AvgIpc) is 2.73. The Morgan fingerprint density at radius 1 is 0.667 bits per heavy atom. The number of rotatable bonds is 2. The van der Waals surface area contributed by atoms with Crippen LogP contribution in [-0.2, 0) is 0 Å². The van der Waals surface area contributed by atoms with E-state index in [1.807, 2.05) is 72.8 Å². The van der Waals surface area contributed by atoms with E-state index < -0.39 is 0 Å². The lowest BCUT2D eigenvalue weighted by atomic mass is 10.1. The Labute approximate surface area is 155 Å². The largest absolute Gasteiger partial charge is 0.306 e. The smallest absolute Gasteiger partial charge is 0.259 e. The van der Waals surface area contributed by atoms with Crippen molar-refractivity contribution < 1.29 is 0 Å². The van der Waals surface area contributed by atoms with Crippen LogP contribution < -0.4 is 5.56 Å². The number of nitrogens with one attached hydrogen (secondary N) is 1. The van der Waals surface area contributed by atoms with E-state index in [0.717, 1.165) is 27.7 Å². The fourth-order valence-electron chi connectivity index (χ4n) is 3.26. The first kappa shape index (κ1) is 15.5. The van der Waals surface area contributed by atoms with Gasteiger partial charge in [-0.1, -0.05) is 60.7 Å². The molecule has 0 aliphatic carbocycles. The monoisotopic (exact) mass is 349 g/mol. The Kier molecular flexibility index (Phi) is 3.54. The van der Waals surface area contributed by atoms with E-state index >= 15 is 0 Å². The average molecular weight is 349 g/mol. The number of aromatic amines is 1. The Morgan fingerprint density at radius 3 is 2.33 bits per heavy atom. The second-order valence-corrected chi connectivity index (χ2v) is 6.40. The maximum Gasteiger partial charge on any atom is 0.259 e. The van der Waals surface area contributed by atoms with Crippen molar-refractivity contribution in [3.05, 3.63) is 95.3 Å². The van der Waals surface area contributed by atoms with Crippen LogP contribution in [0.15, 0.2) is 89.7 Å². The molecule has 0 aliphatic rings. The van der Waals surface area contributed by atoms with Crippen LogP contribution in [-0.4, -0.2) is 15.0 Å². The molecule has 0 fully saturated rings. The van der Waals surface area contributed by atoms with Crippen LogP contribution in [0.2, 0.25) is 0 Å². The third-order valence-corrected chi connectivity index (χ3v) is 4.65. The molecule has 4 nitrogen and oxygen atoms in total. The van der Waals surface area contributed by atoms with E-state index in [9.17, 15) is 4.79 Å². The minimum absolute atomic E-state index is 0.137. The van der Waals surface area contributed by atoms with Gasteiger partial charge in [0.15, 0.2) is 0 Å². The highest BCUT2D eigenvalue weighted by Gasteiger charge is 2.08. The Bertz CT molecular complexity index is 1340. The Balaban J connectivity index is 1.67. The first-order valence-corrected chi connectivity index (χ1v) is 8.74. The standard InChI is InChI=1S/C23H15N3O/c27-23-18-8-4-5-9-20(18)25-22(26-23)17-11-10-16-12-13-19(24-21(16)14-17)15-6-2-1-3-7-15/h1-14H,(H,25,26,27). The molecule has 5 aromatic rings. The minimum Gasteiger partial charge on any atom is -0.306 e. The molecular weight excluding hydrogens is 334 g/mol. The van der Waals surface area contributed by atoms with Gasteiger partial charge < -0.3 is 4.98 Å². The van der Waals surface area contributed by atoms with Crippen molar-refractivity contribution in [2.45, 2.75) is 0 Å². The highest BCUT2D eigenvalue weighted by molar-refractivity contribution is 5.86. The van der Waals surface area contributed by atoms with E-state index in [0.29, 0.717) is 16.7 Å². The lowest BCUT2D eigenvalue weighted by molar-refractivity contribution is 1.18. The number of benzene rings is 3. The third kappa shape index (κ3) is 2.77. The van der Waals surface area contributed by atoms with Crippen LogP contribution in [0.4, 0.5) is 0 Å². The van der Waals surface area contributed by atoms with Crippen LogP contribution in [0.3, 0.4) is 0 Å². The SMILES string of the molecule is O=c1[nH]c(-c2ccc3ccc(-c4ccccc4)nc3c2)nc2ccccc12. The number of para-hydroxylation sites is 1. The van der Waals surface area contributed by atoms with E-state index in [1.165, 1.54) is 0 Å². The molecule has 4 heteroatoms. The molecule has 0 bridgehead atoms. The van der Waals surface area contributed by atoms with Crippen molar-refractivity contribution in [1.82, 2.24) is 15.0 Å². The van der Waals surface area contributed by atoms with Crippen LogP contribution in [0.5, 0.6) is 0 Å². The number of hydrogen-bond acceptors (Lipinski definition) is 3.